The molecule has 0 bridgehead atoms. The summed E-state index contributed by atoms with van der Waals surface area (Å²) in [6.07, 6.45) is 4.05. The van der Waals surface area contributed by atoms with E-state index in [-0.39, 0.29) is 17.0 Å². The predicted molar refractivity (Wildman–Crippen MR) is 112 cm³/mol. The van der Waals surface area contributed by atoms with Gasteiger partial charge in [0.05, 0.1) is 6.61 Å². The van der Waals surface area contributed by atoms with Crippen LogP contribution in [0.15, 0.2) is 33.9 Å². The lowest BCUT2D eigenvalue weighted by Crippen LogP contribution is -2.40. The van der Waals surface area contributed by atoms with Crippen LogP contribution in [0.3, 0.4) is 0 Å². The van der Waals surface area contributed by atoms with Crippen LogP contribution < -0.4 is 10.9 Å². The first-order valence-corrected chi connectivity index (χ1v) is 10.7. The molecular formula is C21H29N3O3S. The lowest BCUT2D eigenvalue weighted by Gasteiger charge is -2.25. The molecule has 2 aromatic heterocycles. The maximum absolute atomic E-state index is 13.3. The molecule has 3 rings (SSSR count). The van der Waals surface area contributed by atoms with Crippen LogP contribution in [0.4, 0.5) is 0 Å². The zero-order valence-corrected chi connectivity index (χ0v) is 17.5. The van der Waals surface area contributed by atoms with Crippen LogP contribution in [-0.4, -0.2) is 48.7 Å². The highest BCUT2D eigenvalue weighted by atomic mass is 32.1. The summed E-state index contributed by atoms with van der Waals surface area (Å²) in [4.78, 5) is 28.2. The molecule has 1 amide bonds. The fourth-order valence-electron chi connectivity index (χ4n) is 3.64. The van der Waals surface area contributed by atoms with Gasteiger partial charge in [-0.3, -0.25) is 9.59 Å². The second-order valence-corrected chi connectivity index (χ2v) is 8.17. The van der Waals surface area contributed by atoms with E-state index in [4.69, 9.17) is 4.74 Å². The third-order valence-corrected chi connectivity index (χ3v) is 5.98. The molecule has 1 unspecified atom stereocenters. The molecule has 0 aliphatic carbocycles. The Morgan fingerprint density at radius 3 is 2.96 bits per heavy atom. The van der Waals surface area contributed by atoms with Crippen molar-refractivity contribution in [2.75, 3.05) is 33.4 Å². The van der Waals surface area contributed by atoms with Crippen LogP contribution >= 0.6 is 11.3 Å². The lowest BCUT2D eigenvalue weighted by atomic mass is 9.99. The molecule has 152 valence electrons. The Hall–Kier alpha value is -1.96. The fraction of sp³-hybridized carbons (Fsp3) is 0.524. The number of carbonyl (C=O) groups excluding carboxylic acids is 1. The van der Waals surface area contributed by atoms with Crippen LogP contribution in [0, 0.1) is 12.8 Å². The third kappa shape index (κ3) is 5.10. The van der Waals surface area contributed by atoms with Crippen molar-refractivity contribution in [3.8, 4) is 0 Å². The Balaban J connectivity index is 1.85. The summed E-state index contributed by atoms with van der Waals surface area (Å²) in [6, 6.07) is 3.88. The van der Waals surface area contributed by atoms with E-state index in [0.29, 0.717) is 32.2 Å². The van der Waals surface area contributed by atoms with Gasteiger partial charge in [-0.2, -0.15) is 11.3 Å². The van der Waals surface area contributed by atoms with Gasteiger partial charge in [0, 0.05) is 32.9 Å². The number of piperidine rings is 1. The molecule has 28 heavy (non-hydrogen) atoms. The van der Waals surface area contributed by atoms with Crippen molar-refractivity contribution in [1.82, 2.24) is 14.8 Å². The van der Waals surface area contributed by atoms with Gasteiger partial charge in [0.25, 0.3) is 11.5 Å². The predicted octanol–water partition coefficient (Wildman–Crippen LogP) is 2.51. The van der Waals surface area contributed by atoms with Crippen molar-refractivity contribution in [3.63, 3.8) is 0 Å². The molecule has 0 aromatic carbocycles. The molecule has 6 nitrogen and oxygen atoms in total. The summed E-state index contributed by atoms with van der Waals surface area (Å²) in [5.74, 6) is 0.203. The summed E-state index contributed by atoms with van der Waals surface area (Å²) < 4.78 is 6.89. The van der Waals surface area contributed by atoms with E-state index in [2.05, 4.69) is 5.32 Å². The monoisotopic (exact) mass is 403 g/mol. The van der Waals surface area contributed by atoms with E-state index < -0.39 is 0 Å². The van der Waals surface area contributed by atoms with E-state index in [0.717, 1.165) is 37.1 Å². The number of rotatable bonds is 8. The Morgan fingerprint density at radius 1 is 1.43 bits per heavy atom. The number of nitrogens with one attached hydrogen (secondary N) is 1. The molecule has 1 N–H and O–H groups in total. The first-order chi connectivity index (χ1) is 13.6. The highest BCUT2D eigenvalue weighted by Gasteiger charge is 2.23. The average molecular weight is 404 g/mol. The Labute approximate surface area is 170 Å². The van der Waals surface area contributed by atoms with Gasteiger partial charge in [0.15, 0.2) is 0 Å². The van der Waals surface area contributed by atoms with Gasteiger partial charge in [-0.15, -0.1) is 0 Å². The Kier molecular flexibility index (Phi) is 7.42. The number of ether oxygens (including phenoxy) is 1. The molecule has 1 saturated heterocycles. The number of methoxy groups -OCH3 is 1. The molecule has 7 heteroatoms. The van der Waals surface area contributed by atoms with Gasteiger partial charge in [-0.05, 0) is 72.8 Å². The first-order valence-electron chi connectivity index (χ1n) is 9.80. The number of carbonyl (C=O) groups is 1. The number of amides is 1. The SMILES string of the molecule is COCCN(Cc1ccsc1)C(=O)c1c(C)ccn(CC2CCCNC2)c1=O. The molecule has 1 aliphatic heterocycles. The van der Waals surface area contributed by atoms with Crippen molar-refractivity contribution in [3.05, 3.63) is 56.1 Å². The number of aromatic nitrogens is 1. The van der Waals surface area contributed by atoms with Crippen molar-refractivity contribution in [1.29, 1.82) is 0 Å². The maximum atomic E-state index is 13.3. The zero-order chi connectivity index (χ0) is 19.9. The Bertz CT molecular complexity index is 826. The summed E-state index contributed by atoms with van der Waals surface area (Å²) in [7, 11) is 1.62. The average Bonchev–Trinajstić information content (AvgIpc) is 3.21. The highest BCUT2D eigenvalue weighted by molar-refractivity contribution is 7.07. The highest BCUT2D eigenvalue weighted by Crippen LogP contribution is 2.15. The van der Waals surface area contributed by atoms with E-state index in [1.807, 2.05) is 36.0 Å². The number of nitrogens with zero attached hydrogens (tertiary/aromatic N) is 2. The normalized spacial score (nSPS) is 16.9. The molecule has 1 fully saturated rings. The van der Waals surface area contributed by atoms with E-state index in [9.17, 15) is 9.59 Å². The standard InChI is InChI=1S/C21H29N3O3S/c1-16-5-8-23(13-17-4-3-7-22-12-17)20(25)19(16)21(26)24(9-10-27-2)14-18-6-11-28-15-18/h5-6,8,11,15,17,22H,3-4,7,9-10,12-14H2,1-2H3. The number of hydrogen-bond acceptors (Lipinski definition) is 5. The molecule has 0 saturated carbocycles. The van der Waals surface area contributed by atoms with Crippen LogP contribution in [0.1, 0.15) is 34.3 Å². The molecule has 2 aromatic rings. The van der Waals surface area contributed by atoms with Crippen molar-refractivity contribution in [2.45, 2.75) is 32.9 Å². The van der Waals surface area contributed by atoms with Crippen molar-refractivity contribution < 1.29 is 9.53 Å². The second kappa shape index (κ2) is 10.0. The lowest BCUT2D eigenvalue weighted by molar-refractivity contribution is 0.0677. The summed E-state index contributed by atoms with van der Waals surface area (Å²) >= 11 is 1.60. The van der Waals surface area contributed by atoms with Crippen LogP contribution in [0.5, 0.6) is 0 Å². The minimum atomic E-state index is -0.220. The summed E-state index contributed by atoms with van der Waals surface area (Å²) in [5, 5.41) is 7.41. The van der Waals surface area contributed by atoms with E-state index in [1.54, 1.807) is 27.9 Å². The smallest absolute Gasteiger partial charge is 0.263 e. The summed E-state index contributed by atoms with van der Waals surface area (Å²) in [5.41, 5.74) is 1.87. The molecule has 0 spiro atoms. The van der Waals surface area contributed by atoms with Crippen molar-refractivity contribution >= 4 is 17.2 Å². The van der Waals surface area contributed by atoms with E-state index in [1.165, 1.54) is 0 Å². The molecular weight excluding hydrogens is 374 g/mol. The minimum absolute atomic E-state index is 0.191. The van der Waals surface area contributed by atoms with Gasteiger partial charge in [-0.1, -0.05) is 0 Å². The molecule has 1 atom stereocenters. The molecule has 3 heterocycles. The quantitative estimate of drug-likeness (QED) is 0.736. The van der Waals surface area contributed by atoms with Gasteiger partial charge in [0.1, 0.15) is 5.56 Å². The van der Waals surface area contributed by atoms with Crippen LogP contribution in [0.2, 0.25) is 0 Å². The molecule has 1 aliphatic rings. The number of hydrogen-bond donors (Lipinski definition) is 1. The maximum Gasteiger partial charge on any atom is 0.263 e. The van der Waals surface area contributed by atoms with Gasteiger partial charge in [0.2, 0.25) is 0 Å². The van der Waals surface area contributed by atoms with Gasteiger partial charge < -0.3 is 19.5 Å². The summed E-state index contributed by atoms with van der Waals surface area (Å²) in [6.45, 7) is 5.80. The topological polar surface area (TPSA) is 63.6 Å². The van der Waals surface area contributed by atoms with Gasteiger partial charge in [-0.25, -0.2) is 0 Å². The first kappa shape index (κ1) is 20.8. The van der Waals surface area contributed by atoms with Gasteiger partial charge >= 0.3 is 0 Å². The third-order valence-electron chi connectivity index (χ3n) is 5.25. The van der Waals surface area contributed by atoms with Crippen LogP contribution in [0.25, 0.3) is 0 Å². The fourth-order valence-corrected chi connectivity index (χ4v) is 4.30. The van der Waals surface area contributed by atoms with E-state index >= 15 is 0 Å². The second-order valence-electron chi connectivity index (χ2n) is 7.39. The number of thiophene rings is 1. The van der Waals surface area contributed by atoms with Crippen molar-refractivity contribution in [2.24, 2.45) is 5.92 Å². The number of aryl methyl sites for hydroxylation is 1. The minimum Gasteiger partial charge on any atom is -0.383 e. The largest absolute Gasteiger partial charge is 0.383 e. The number of pyridine rings is 1. The molecule has 0 radical (unpaired) electrons. The zero-order valence-electron chi connectivity index (χ0n) is 16.6. The van der Waals surface area contributed by atoms with Crippen LogP contribution in [-0.2, 0) is 17.8 Å². The Morgan fingerprint density at radius 2 is 2.29 bits per heavy atom.